The number of methoxy groups -OCH3 is 1. The summed E-state index contributed by atoms with van der Waals surface area (Å²) in [7, 11) is 1.40. The van der Waals surface area contributed by atoms with Crippen LogP contribution < -0.4 is 9.47 Å². The maximum absolute atomic E-state index is 14.0. The molecule has 0 radical (unpaired) electrons. The van der Waals surface area contributed by atoms with E-state index in [-0.39, 0.29) is 28.2 Å². The van der Waals surface area contributed by atoms with E-state index in [0.29, 0.717) is 5.56 Å². The van der Waals surface area contributed by atoms with E-state index in [9.17, 15) is 18.8 Å². The van der Waals surface area contributed by atoms with Gasteiger partial charge in [-0.05, 0) is 54.1 Å². The molecule has 0 atom stereocenters. The molecule has 3 rings (SSSR count). The lowest BCUT2D eigenvalue weighted by atomic mass is 10.0. The molecule has 0 saturated carbocycles. The van der Waals surface area contributed by atoms with E-state index < -0.39 is 17.6 Å². The fourth-order valence-electron chi connectivity index (χ4n) is 2.62. The zero-order chi connectivity index (χ0) is 20.8. The Labute approximate surface area is 166 Å². The molecule has 0 fully saturated rings. The van der Waals surface area contributed by atoms with Crippen LogP contribution in [0.25, 0.3) is 11.6 Å². The van der Waals surface area contributed by atoms with Crippen molar-refractivity contribution < 1.29 is 23.0 Å². The number of halogens is 2. The first-order valence-corrected chi connectivity index (χ1v) is 8.54. The summed E-state index contributed by atoms with van der Waals surface area (Å²) in [5, 5.41) is 9.40. The van der Waals surface area contributed by atoms with Gasteiger partial charge >= 0.3 is 5.97 Å². The van der Waals surface area contributed by atoms with Gasteiger partial charge in [0.2, 0.25) is 0 Å². The number of rotatable bonds is 5. The smallest absolute Gasteiger partial charge is 0.343 e. The number of carbonyl (C=O) groups is 1. The van der Waals surface area contributed by atoms with Gasteiger partial charge in [-0.15, -0.1) is 0 Å². The number of esters is 1. The number of hydrogen-bond donors (Lipinski definition) is 0. The summed E-state index contributed by atoms with van der Waals surface area (Å²) >= 11 is 0. The Morgan fingerprint density at radius 3 is 2.38 bits per heavy atom. The van der Waals surface area contributed by atoms with E-state index in [1.54, 1.807) is 24.3 Å². The second-order valence-corrected chi connectivity index (χ2v) is 5.96. The molecule has 3 aromatic rings. The molecule has 0 aromatic heterocycles. The van der Waals surface area contributed by atoms with Gasteiger partial charge in [-0.1, -0.05) is 24.3 Å². The van der Waals surface area contributed by atoms with Crippen molar-refractivity contribution in [2.24, 2.45) is 0 Å². The number of carbonyl (C=O) groups excluding carboxylic acids is 1. The molecule has 3 aromatic carbocycles. The highest BCUT2D eigenvalue weighted by Gasteiger charge is 2.14. The van der Waals surface area contributed by atoms with Crippen molar-refractivity contribution in [1.82, 2.24) is 0 Å². The molecule has 0 aliphatic carbocycles. The van der Waals surface area contributed by atoms with E-state index in [1.165, 1.54) is 43.5 Å². The Balaban J connectivity index is 1.88. The second-order valence-electron chi connectivity index (χ2n) is 5.96. The molecule has 0 amide bonds. The van der Waals surface area contributed by atoms with Crippen molar-refractivity contribution in [3.05, 3.63) is 95.1 Å². The quantitative estimate of drug-likeness (QED) is 0.258. The SMILES string of the molecule is COc1cc(/C=C(/C#N)c2ccccc2F)ccc1OC(=O)c1ccc(F)cc1. The summed E-state index contributed by atoms with van der Waals surface area (Å²) in [6, 6.07) is 17.6. The lowest BCUT2D eigenvalue weighted by molar-refractivity contribution is 0.0729. The lowest BCUT2D eigenvalue weighted by Gasteiger charge is -2.10. The van der Waals surface area contributed by atoms with E-state index in [4.69, 9.17) is 9.47 Å². The van der Waals surface area contributed by atoms with Crippen LogP contribution in [-0.2, 0) is 0 Å². The first kappa shape index (κ1) is 19.8. The summed E-state index contributed by atoms with van der Waals surface area (Å²) in [6.45, 7) is 0. The third kappa shape index (κ3) is 4.66. The maximum atomic E-state index is 14.0. The number of nitrogens with zero attached hydrogens (tertiary/aromatic N) is 1. The van der Waals surface area contributed by atoms with Gasteiger partial charge in [-0.3, -0.25) is 0 Å². The zero-order valence-electron chi connectivity index (χ0n) is 15.4. The Bertz CT molecular complexity index is 1120. The molecule has 0 spiro atoms. The van der Waals surface area contributed by atoms with Gasteiger partial charge in [0, 0.05) is 5.56 Å². The van der Waals surface area contributed by atoms with Crippen molar-refractivity contribution in [3.8, 4) is 17.6 Å². The van der Waals surface area contributed by atoms with Crippen molar-refractivity contribution in [2.75, 3.05) is 7.11 Å². The van der Waals surface area contributed by atoms with Gasteiger partial charge < -0.3 is 9.47 Å². The first-order chi connectivity index (χ1) is 14.0. The van der Waals surface area contributed by atoms with Crippen LogP contribution in [0.15, 0.2) is 66.7 Å². The lowest BCUT2D eigenvalue weighted by Crippen LogP contribution is -2.09. The Kier molecular flexibility index (Phi) is 6.00. The van der Waals surface area contributed by atoms with E-state index in [0.717, 1.165) is 12.1 Å². The molecular formula is C23H15F2NO3. The van der Waals surface area contributed by atoms with Crippen LogP contribution in [0.5, 0.6) is 11.5 Å². The van der Waals surface area contributed by atoms with Crippen LogP contribution in [0.1, 0.15) is 21.5 Å². The number of ether oxygens (including phenoxy) is 2. The number of hydrogen-bond acceptors (Lipinski definition) is 4. The molecule has 144 valence electrons. The molecule has 0 aliphatic rings. The molecule has 0 bridgehead atoms. The van der Waals surface area contributed by atoms with Gasteiger partial charge in [0.25, 0.3) is 0 Å². The van der Waals surface area contributed by atoms with Crippen LogP contribution in [0, 0.1) is 23.0 Å². The average molecular weight is 391 g/mol. The third-order valence-electron chi connectivity index (χ3n) is 4.07. The molecular weight excluding hydrogens is 376 g/mol. The minimum atomic E-state index is -0.671. The Hall–Kier alpha value is -3.98. The van der Waals surface area contributed by atoms with Crippen LogP contribution in [0.2, 0.25) is 0 Å². The first-order valence-electron chi connectivity index (χ1n) is 8.54. The standard InChI is InChI=1S/C23H15F2NO3/c1-28-22-13-15(12-17(14-26)19-4-2-3-5-20(19)25)6-11-21(22)29-23(27)16-7-9-18(24)10-8-16/h2-13H,1H3/b17-12-. The summed E-state index contributed by atoms with van der Waals surface area (Å²) in [4.78, 5) is 12.2. The largest absolute Gasteiger partial charge is 0.493 e. The highest BCUT2D eigenvalue weighted by Crippen LogP contribution is 2.31. The normalized spacial score (nSPS) is 10.9. The summed E-state index contributed by atoms with van der Waals surface area (Å²) in [5.74, 6) is -1.23. The number of benzene rings is 3. The highest BCUT2D eigenvalue weighted by molar-refractivity contribution is 5.92. The maximum Gasteiger partial charge on any atom is 0.343 e. The van der Waals surface area contributed by atoms with E-state index in [2.05, 4.69) is 0 Å². The second kappa shape index (κ2) is 8.81. The molecule has 0 aliphatic heterocycles. The minimum Gasteiger partial charge on any atom is -0.493 e. The summed E-state index contributed by atoms with van der Waals surface area (Å²) in [6.07, 6.45) is 1.51. The van der Waals surface area contributed by atoms with Gasteiger partial charge in [0.15, 0.2) is 11.5 Å². The topological polar surface area (TPSA) is 59.3 Å². The van der Waals surface area contributed by atoms with Gasteiger partial charge in [-0.25, -0.2) is 13.6 Å². The summed E-state index contributed by atoms with van der Waals surface area (Å²) < 4.78 is 37.6. The van der Waals surface area contributed by atoms with Gasteiger partial charge in [-0.2, -0.15) is 5.26 Å². The number of nitriles is 1. The molecule has 0 N–H and O–H groups in total. The van der Waals surface area contributed by atoms with E-state index in [1.807, 2.05) is 6.07 Å². The predicted molar refractivity (Wildman–Crippen MR) is 104 cm³/mol. The van der Waals surface area contributed by atoms with Crippen LogP contribution >= 0.6 is 0 Å². The minimum absolute atomic E-state index is 0.140. The van der Waals surface area contributed by atoms with Crippen LogP contribution in [0.3, 0.4) is 0 Å². The molecule has 0 heterocycles. The average Bonchev–Trinajstić information content (AvgIpc) is 2.74. The third-order valence-corrected chi connectivity index (χ3v) is 4.07. The molecule has 0 unspecified atom stereocenters. The predicted octanol–water partition coefficient (Wildman–Crippen LogP) is 5.26. The highest BCUT2D eigenvalue weighted by atomic mass is 19.1. The Morgan fingerprint density at radius 2 is 1.72 bits per heavy atom. The van der Waals surface area contributed by atoms with Crippen molar-refractivity contribution in [3.63, 3.8) is 0 Å². The van der Waals surface area contributed by atoms with Crippen LogP contribution in [0.4, 0.5) is 8.78 Å². The van der Waals surface area contributed by atoms with Crippen molar-refractivity contribution in [1.29, 1.82) is 5.26 Å². The van der Waals surface area contributed by atoms with Crippen molar-refractivity contribution >= 4 is 17.6 Å². The monoisotopic (exact) mass is 391 g/mol. The zero-order valence-corrected chi connectivity index (χ0v) is 15.4. The van der Waals surface area contributed by atoms with Gasteiger partial charge in [0.05, 0.1) is 24.3 Å². The molecule has 4 nitrogen and oxygen atoms in total. The molecule has 6 heteroatoms. The Morgan fingerprint density at radius 1 is 1.00 bits per heavy atom. The molecule has 0 saturated heterocycles. The number of allylic oxidation sites excluding steroid dienone is 1. The van der Waals surface area contributed by atoms with E-state index >= 15 is 0 Å². The van der Waals surface area contributed by atoms with Crippen LogP contribution in [-0.4, -0.2) is 13.1 Å². The fourth-order valence-corrected chi connectivity index (χ4v) is 2.62. The van der Waals surface area contributed by atoms with Crippen molar-refractivity contribution in [2.45, 2.75) is 0 Å². The summed E-state index contributed by atoms with van der Waals surface area (Å²) in [5.41, 5.74) is 1.06. The van der Waals surface area contributed by atoms with Gasteiger partial charge in [0.1, 0.15) is 11.6 Å². The molecule has 29 heavy (non-hydrogen) atoms. The fraction of sp³-hybridized carbons (Fsp3) is 0.0435.